The molecule has 0 bridgehead atoms. The lowest BCUT2D eigenvalue weighted by Crippen LogP contribution is -2.34. The quantitative estimate of drug-likeness (QED) is 0.890. The van der Waals surface area contributed by atoms with E-state index in [-0.39, 0.29) is 12.0 Å². The summed E-state index contributed by atoms with van der Waals surface area (Å²) in [5.41, 5.74) is 0. The minimum Gasteiger partial charge on any atom is -0.465 e. The van der Waals surface area contributed by atoms with Gasteiger partial charge in [0.15, 0.2) is 0 Å². The van der Waals surface area contributed by atoms with E-state index >= 15 is 0 Å². The molecule has 6 nitrogen and oxygen atoms in total. The van der Waals surface area contributed by atoms with Gasteiger partial charge < -0.3 is 14.4 Å². The largest absolute Gasteiger partial charge is 0.465 e. The zero-order valence-electron chi connectivity index (χ0n) is 10.8. The zero-order valence-corrected chi connectivity index (χ0v) is 10.8. The summed E-state index contributed by atoms with van der Waals surface area (Å²) >= 11 is 0. The van der Waals surface area contributed by atoms with Crippen molar-refractivity contribution >= 4 is 6.09 Å². The van der Waals surface area contributed by atoms with Crippen LogP contribution in [-0.2, 0) is 6.42 Å². The summed E-state index contributed by atoms with van der Waals surface area (Å²) < 4.78 is 5.61. The van der Waals surface area contributed by atoms with E-state index in [2.05, 4.69) is 17.1 Å². The van der Waals surface area contributed by atoms with Crippen LogP contribution >= 0.6 is 0 Å². The van der Waals surface area contributed by atoms with Gasteiger partial charge in [-0.2, -0.15) is 0 Å². The number of rotatable bonds is 4. The van der Waals surface area contributed by atoms with Crippen molar-refractivity contribution in [2.75, 3.05) is 7.05 Å². The van der Waals surface area contributed by atoms with Crippen molar-refractivity contribution < 1.29 is 14.3 Å². The molecule has 1 aromatic heterocycles. The fourth-order valence-electron chi connectivity index (χ4n) is 2.44. The molecule has 0 unspecified atom stereocenters. The summed E-state index contributed by atoms with van der Waals surface area (Å²) in [7, 11) is 1.62. The van der Waals surface area contributed by atoms with E-state index in [1.165, 1.54) is 4.90 Å². The van der Waals surface area contributed by atoms with Crippen molar-refractivity contribution in [1.82, 2.24) is 15.1 Å². The summed E-state index contributed by atoms with van der Waals surface area (Å²) in [5.74, 6) is 1.55. The summed E-state index contributed by atoms with van der Waals surface area (Å²) in [6.07, 6.45) is 3.46. The third-order valence-corrected chi connectivity index (χ3v) is 3.55. The Kier molecular flexibility index (Phi) is 3.84. The second-order valence-electron chi connectivity index (χ2n) is 4.84. The first kappa shape index (κ1) is 12.9. The maximum absolute atomic E-state index is 10.9. The van der Waals surface area contributed by atoms with Crippen LogP contribution in [0.25, 0.3) is 0 Å². The number of aromatic nitrogens is 2. The van der Waals surface area contributed by atoms with Gasteiger partial charge in [0, 0.05) is 25.4 Å². The number of nitrogens with zero attached hydrogens (tertiary/aromatic N) is 3. The van der Waals surface area contributed by atoms with Crippen LogP contribution in [0.3, 0.4) is 0 Å². The summed E-state index contributed by atoms with van der Waals surface area (Å²) in [4.78, 5) is 12.3. The molecule has 1 heterocycles. The van der Waals surface area contributed by atoms with E-state index in [0.717, 1.165) is 32.1 Å². The Morgan fingerprint density at radius 1 is 1.50 bits per heavy atom. The van der Waals surface area contributed by atoms with Gasteiger partial charge in [-0.15, -0.1) is 10.2 Å². The van der Waals surface area contributed by atoms with Gasteiger partial charge in [-0.3, -0.25) is 0 Å². The predicted molar refractivity (Wildman–Crippen MR) is 64.5 cm³/mol. The maximum atomic E-state index is 10.9. The smallest absolute Gasteiger partial charge is 0.407 e. The molecule has 1 aliphatic carbocycles. The van der Waals surface area contributed by atoms with Gasteiger partial charge in [0.1, 0.15) is 0 Å². The van der Waals surface area contributed by atoms with E-state index in [1.54, 1.807) is 7.05 Å². The van der Waals surface area contributed by atoms with Crippen molar-refractivity contribution in [2.45, 2.75) is 51.0 Å². The van der Waals surface area contributed by atoms with Crippen LogP contribution in [-0.4, -0.2) is 39.4 Å². The topological polar surface area (TPSA) is 79.5 Å². The van der Waals surface area contributed by atoms with Crippen LogP contribution in [0.5, 0.6) is 0 Å². The molecule has 2 atom stereocenters. The molecule has 2 rings (SSSR count). The molecule has 6 heteroatoms. The molecule has 100 valence electrons. The Hall–Kier alpha value is -1.59. The summed E-state index contributed by atoms with van der Waals surface area (Å²) in [5, 5.41) is 17.0. The molecule has 0 aromatic carbocycles. The van der Waals surface area contributed by atoms with Gasteiger partial charge in [-0.25, -0.2) is 4.79 Å². The van der Waals surface area contributed by atoms with Crippen molar-refractivity contribution in [3.63, 3.8) is 0 Å². The van der Waals surface area contributed by atoms with Gasteiger partial charge in [0.25, 0.3) is 0 Å². The average Bonchev–Trinajstić information content (AvgIpc) is 2.96. The fraction of sp³-hybridized carbons (Fsp3) is 0.750. The molecule has 1 amide bonds. The second kappa shape index (κ2) is 5.37. The van der Waals surface area contributed by atoms with Crippen molar-refractivity contribution in [3.8, 4) is 0 Å². The molecule has 1 fully saturated rings. The molecule has 1 aromatic rings. The van der Waals surface area contributed by atoms with E-state index in [4.69, 9.17) is 9.52 Å². The Morgan fingerprint density at radius 2 is 2.28 bits per heavy atom. The summed E-state index contributed by atoms with van der Waals surface area (Å²) in [6.45, 7) is 2.07. The lowest BCUT2D eigenvalue weighted by atomic mass is 10.1. The van der Waals surface area contributed by atoms with Crippen LogP contribution in [0.4, 0.5) is 4.79 Å². The van der Waals surface area contributed by atoms with Crippen molar-refractivity contribution in [3.05, 3.63) is 11.8 Å². The molecule has 0 aliphatic heterocycles. The fourth-order valence-corrected chi connectivity index (χ4v) is 2.44. The van der Waals surface area contributed by atoms with Gasteiger partial charge in [-0.1, -0.05) is 6.92 Å². The highest BCUT2D eigenvalue weighted by atomic mass is 16.4. The Labute approximate surface area is 106 Å². The lowest BCUT2D eigenvalue weighted by Gasteiger charge is -2.20. The Balaban J connectivity index is 1.97. The first-order valence-corrected chi connectivity index (χ1v) is 6.39. The molecular weight excluding hydrogens is 234 g/mol. The minimum atomic E-state index is -0.877. The molecular formula is C12H19N3O3. The van der Waals surface area contributed by atoms with Gasteiger partial charge in [-0.05, 0) is 25.7 Å². The van der Waals surface area contributed by atoms with Gasteiger partial charge >= 0.3 is 6.09 Å². The molecule has 1 aliphatic rings. The zero-order chi connectivity index (χ0) is 13.1. The van der Waals surface area contributed by atoms with Crippen molar-refractivity contribution in [2.24, 2.45) is 0 Å². The van der Waals surface area contributed by atoms with Crippen LogP contribution < -0.4 is 0 Å². The standard InChI is InChI=1S/C12H19N3O3/c1-3-4-10-13-14-11(18-10)8-5-6-9(7-8)15(2)12(16)17/h8-9H,3-7H2,1-2H3,(H,16,17)/t8-,9+/m0/s1. The average molecular weight is 253 g/mol. The third kappa shape index (κ3) is 2.63. The normalized spacial score (nSPS) is 23.2. The predicted octanol–water partition coefficient (Wildman–Crippen LogP) is 2.27. The molecule has 1 saturated carbocycles. The number of carboxylic acid groups (broad SMARTS) is 1. The van der Waals surface area contributed by atoms with Crippen LogP contribution in [0.15, 0.2) is 4.42 Å². The molecule has 0 radical (unpaired) electrons. The van der Waals surface area contributed by atoms with Crippen LogP contribution in [0.1, 0.15) is 50.3 Å². The number of aryl methyl sites for hydroxylation is 1. The molecule has 0 spiro atoms. The van der Waals surface area contributed by atoms with Crippen LogP contribution in [0, 0.1) is 0 Å². The third-order valence-electron chi connectivity index (χ3n) is 3.55. The van der Waals surface area contributed by atoms with Crippen molar-refractivity contribution in [1.29, 1.82) is 0 Å². The summed E-state index contributed by atoms with van der Waals surface area (Å²) in [6, 6.07) is 0.0639. The number of hydrogen-bond donors (Lipinski definition) is 1. The lowest BCUT2D eigenvalue weighted by molar-refractivity contribution is 0.138. The first-order valence-electron chi connectivity index (χ1n) is 6.39. The second-order valence-corrected chi connectivity index (χ2v) is 4.84. The van der Waals surface area contributed by atoms with E-state index < -0.39 is 6.09 Å². The highest BCUT2D eigenvalue weighted by molar-refractivity contribution is 5.65. The Morgan fingerprint density at radius 3 is 2.94 bits per heavy atom. The van der Waals surface area contributed by atoms with E-state index in [1.807, 2.05) is 0 Å². The van der Waals surface area contributed by atoms with Gasteiger partial charge in [0.2, 0.25) is 11.8 Å². The highest BCUT2D eigenvalue weighted by Crippen LogP contribution is 2.35. The van der Waals surface area contributed by atoms with E-state index in [0.29, 0.717) is 11.8 Å². The highest BCUT2D eigenvalue weighted by Gasteiger charge is 2.33. The maximum Gasteiger partial charge on any atom is 0.407 e. The monoisotopic (exact) mass is 253 g/mol. The first-order chi connectivity index (χ1) is 8.61. The van der Waals surface area contributed by atoms with Gasteiger partial charge in [0.05, 0.1) is 0 Å². The molecule has 18 heavy (non-hydrogen) atoms. The molecule has 0 saturated heterocycles. The Bertz CT molecular complexity index is 418. The van der Waals surface area contributed by atoms with Crippen LogP contribution in [0.2, 0.25) is 0 Å². The SMILES string of the molecule is CCCc1nnc([C@H]2CC[C@@H](N(C)C(=O)O)C2)o1. The number of carbonyl (C=O) groups is 1. The number of amides is 1. The number of hydrogen-bond acceptors (Lipinski definition) is 4. The van der Waals surface area contributed by atoms with E-state index in [9.17, 15) is 4.79 Å². The minimum absolute atomic E-state index is 0.0639. The molecule has 1 N–H and O–H groups in total.